The Kier molecular flexibility index (Phi) is 6.55. The average Bonchev–Trinajstić information content (AvgIpc) is 3.27. The lowest BCUT2D eigenvalue weighted by molar-refractivity contribution is 0.0974. The number of amides is 1. The summed E-state index contributed by atoms with van der Waals surface area (Å²) in [6, 6.07) is 18.4. The van der Waals surface area contributed by atoms with Gasteiger partial charge in [-0.1, -0.05) is 19.1 Å². The van der Waals surface area contributed by atoms with Crippen molar-refractivity contribution >= 4 is 40.0 Å². The third-order valence-electron chi connectivity index (χ3n) is 5.11. The maximum atomic E-state index is 12.7. The molecule has 0 unspecified atom stereocenters. The summed E-state index contributed by atoms with van der Waals surface area (Å²) in [5.41, 5.74) is 4.58. The van der Waals surface area contributed by atoms with Crippen LogP contribution < -0.4 is 20.1 Å². The zero-order valence-electron chi connectivity index (χ0n) is 18.5. The normalized spacial score (nSPS) is 10.6. The molecule has 0 aliphatic rings. The minimum atomic E-state index is -0.395. The van der Waals surface area contributed by atoms with Crippen LogP contribution in [0, 0.1) is 0 Å². The lowest BCUT2D eigenvalue weighted by Gasteiger charge is -2.13. The molecule has 4 rings (SSSR count). The van der Waals surface area contributed by atoms with E-state index in [1.165, 1.54) is 12.7 Å². The van der Waals surface area contributed by atoms with Crippen LogP contribution in [0.3, 0.4) is 0 Å². The standard InChI is InChI=1S/C25H23N3O4S/c1-4-15-8-11-21-20(12-15)27-24(32-21)16-6-5-7-17(13-16)26-25(33)28-23(29)19-10-9-18(30-2)14-22(19)31-3/h5-14H,4H2,1-3H3,(H2,26,28,29,33). The molecule has 0 aliphatic carbocycles. The van der Waals surface area contributed by atoms with Crippen molar-refractivity contribution in [2.45, 2.75) is 13.3 Å². The Hall–Kier alpha value is -3.91. The second-order valence-electron chi connectivity index (χ2n) is 7.23. The molecular weight excluding hydrogens is 438 g/mol. The van der Waals surface area contributed by atoms with Crippen LogP contribution in [0.4, 0.5) is 5.69 Å². The van der Waals surface area contributed by atoms with Crippen molar-refractivity contribution in [2.75, 3.05) is 19.5 Å². The van der Waals surface area contributed by atoms with Gasteiger partial charge in [0.1, 0.15) is 17.0 Å². The fourth-order valence-electron chi connectivity index (χ4n) is 3.37. The zero-order valence-corrected chi connectivity index (χ0v) is 19.3. The maximum absolute atomic E-state index is 12.7. The fourth-order valence-corrected chi connectivity index (χ4v) is 3.58. The first kappa shape index (κ1) is 22.3. The highest BCUT2D eigenvalue weighted by atomic mass is 32.1. The summed E-state index contributed by atoms with van der Waals surface area (Å²) < 4.78 is 16.4. The summed E-state index contributed by atoms with van der Waals surface area (Å²) in [5.74, 6) is 1.10. The Morgan fingerprint density at radius 2 is 1.91 bits per heavy atom. The van der Waals surface area contributed by atoms with Gasteiger partial charge in [0.15, 0.2) is 10.7 Å². The van der Waals surface area contributed by atoms with E-state index in [0.29, 0.717) is 28.6 Å². The van der Waals surface area contributed by atoms with Crippen molar-refractivity contribution in [3.8, 4) is 23.0 Å². The number of rotatable bonds is 6. The summed E-state index contributed by atoms with van der Waals surface area (Å²) in [6.07, 6.45) is 0.934. The molecule has 3 aromatic carbocycles. The first-order valence-electron chi connectivity index (χ1n) is 10.3. The number of hydrogen-bond donors (Lipinski definition) is 2. The topological polar surface area (TPSA) is 85.6 Å². The highest BCUT2D eigenvalue weighted by Gasteiger charge is 2.15. The van der Waals surface area contributed by atoms with Crippen molar-refractivity contribution < 1.29 is 18.7 Å². The predicted octanol–water partition coefficient (Wildman–Crippen LogP) is 5.20. The zero-order chi connectivity index (χ0) is 23.4. The van der Waals surface area contributed by atoms with Gasteiger partial charge >= 0.3 is 0 Å². The lowest BCUT2D eigenvalue weighted by Crippen LogP contribution is -2.34. The van der Waals surface area contributed by atoms with Crippen molar-refractivity contribution in [3.05, 3.63) is 71.8 Å². The molecule has 0 atom stereocenters. The van der Waals surface area contributed by atoms with E-state index in [1.54, 1.807) is 25.3 Å². The number of thiocarbonyl (C=S) groups is 1. The van der Waals surface area contributed by atoms with Gasteiger partial charge in [-0.25, -0.2) is 4.98 Å². The highest BCUT2D eigenvalue weighted by Crippen LogP contribution is 2.27. The Balaban J connectivity index is 1.48. The summed E-state index contributed by atoms with van der Waals surface area (Å²) in [4.78, 5) is 17.3. The van der Waals surface area contributed by atoms with Crippen molar-refractivity contribution in [3.63, 3.8) is 0 Å². The smallest absolute Gasteiger partial charge is 0.261 e. The molecule has 1 heterocycles. The molecule has 0 saturated heterocycles. The van der Waals surface area contributed by atoms with Crippen LogP contribution in [0.25, 0.3) is 22.6 Å². The van der Waals surface area contributed by atoms with E-state index in [-0.39, 0.29) is 5.11 Å². The first-order valence-corrected chi connectivity index (χ1v) is 10.8. The Labute approximate surface area is 196 Å². The predicted molar refractivity (Wildman–Crippen MR) is 132 cm³/mol. The molecule has 4 aromatic rings. The summed E-state index contributed by atoms with van der Waals surface area (Å²) >= 11 is 5.33. The number of oxazole rings is 1. The number of nitrogens with one attached hydrogen (secondary N) is 2. The van der Waals surface area contributed by atoms with Crippen molar-refractivity contribution in [1.82, 2.24) is 10.3 Å². The van der Waals surface area contributed by atoms with Gasteiger partial charge in [-0.2, -0.15) is 0 Å². The number of methoxy groups -OCH3 is 2. The number of ether oxygens (including phenoxy) is 2. The minimum absolute atomic E-state index is 0.153. The molecule has 0 bridgehead atoms. The van der Waals surface area contributed by atoms with Gasteiger partial charge in [0.25, 0.3) is 5.91 Å². The number of fused-ring (bicyclic) bond motifs is 1. The van der Waals surface area contributed by atoms with Gasteiger partial charge in [0.05, 0.1) is 19.8 Å². The second-order valence-corrected chi connectivity index (χ2v) is 7.64. The first-order chi connectivity index (χ1) is 16.0. The summed E-state index contributed by atoms with van der Waals surface area (Å²) in [6.45, 7) is 2.10. The van der Waals surface area contributed by atoms with E-state index in [2.05, 4.69) is 22.5 Å². The van der Waals surface area contributed by atoms with E-state index < -0.39 is 5.91 Å². The average molecular weight is 462 g/mol. The Morgan fingerprint density at radius 3 is 2.67 bits per heavy atom. The van der Waals surface area contributed by atoms with Crippen LogP contribution in [0.5, 0.6) is 11.5 Å². The van der Waals surface area contributed by atoms with E-state index in [0.717, 1.165) is 23.1 Å². The summed E-state index contributed by atoms with van der Waals surface area (Å²) in [5, 5.41) is 5.85. The van der Waals surface area contributed by atoms with Crippen molar-refractivity contribution in [2.24, 2.45) is 0 Å². The molecular formula is C25H23N3O4S. The van der Waals surface area contributed by atoms with E-state index in [4.69, 9.17) is 26.1 Å². The molecule has 168 valence electrons. The van der Waals surface area contributed by atoms with Crippen LogP contribution in [-0.4, -0.2) is 30.2 Å². The number of anilines is 1. The Morgan fingerprint density at radius 1 is 1.06 bits per heavy atom. The number of aryl methyl sites for hydroxylation is 1. The lowest BCUT2D eigenvalue weighted by atomic mass is 10.1. The second kappa shape index (κ2) is 9.70. The Bertz CT molecular complexity index is 1330. The molecule has 8 heteroatoms. The van der Waals surface area contributed by atoms with Crippen LogP contribution >= 0.6 is 12.2 Å². The van der Waals surface area contributed by atoms with Crippen LogP contribution in [0.1, 0.15) is 22.8 Å². The van der Waals surface area contributed by atoms with Gasteiger partial charge in [0.2, 0.25) is 5.89 Å². The number of benzene rings is 3. The largest absolute Gasteiger partial charge is 0.497 e. The van der Waals surface area contributed by atoms with Gasteiger partial charge < -0.3 is 19.2 Å². The van der Waals surface area contributed by atoms with Crippen molar-refractivity contribution in [1.29, 1.82) is 0 Å². The number of nitrogens with zero attached hydrogens (tertiary/aromatic N) is 1. The molecule has 0 saturated carbocycles. The maximum Gasteiger partial charge on any atom is 0.261 e. The number of carbonyl (C=O) groups is 1. The highest BCUT2D eigenvalue weighted by molar-refractivity contribution is 7.80. The molecule has 0 fully saturated rings. The summed E-state index contributed by atoms with van der Waals surface area (Å²) in [7, 11) is 3.04. The molecule has 2 N–H and O–H groups in total. The molecule has 0 aliphatic heterocycles. The number of hydrogen-bond acceptors (Lipinski definition) is 6. The van der Waals surface area contributed by atoms with Gasteiger partial charge in [-0.3, -0.25) is 10.1 Å². The van der Waals surface area contributed by atoms with Gasteiger partial charge in [0, 0.05) is 17.3 Å². The molecule has 0 radical (unpaired) electrons. The molecule has 7 nitrogen and oxygen atoms in total. The fraction of sp³-hybridized carbons (Fsp3) is 0.160. The molecule has 0 spiro atoms. The van der Waals surface area contributed by atoms with Crippen LogP contribution in [0.15, 0.2) is 65.1 Å². The van der Waals surface area contributed by atoms with E-state index >= 15 is 0 Å². The van der Waals surface area contributed by atoms with Gasteiger partial charge in [-0.05, 0) is 66.7 Å². The van der Waals surface area contributed by atoms with E-state index in [1.807, 2.05) is 42.5 Å². The third kappa shape index (κ3) is 4.96. The van der Waals surface area contributed by atoms with Crippen LogP contribution in [-0.2, 0) is 6.42 Å². The molecule has 33 heavy (non-hydrogen) atoms. The minimum Gasteiger partial charge on any atom is -0.497 e. The van der Waals surface area contributed by atoms with Gasteiger partial charge in [-0.15, -0.1) is 0 Å². The SMILES string of the molecule is CCc1ccc2oc(-c3cccc(NC(=S)NC(=O)c4ccc(OC)cc4OC)c3)nc2c1. The van der Waals surface area contributed by atoms with Crippen LogP contribution in [0.2, 0.25) is 0 Å². The molecule has 1 aromatic heterocycles. The number of aromatic nitrogens is 1. The monoisotopic (exact) mass is 461 g/mol. The third-order valence-corrected chi connectivity index (χ3v) is 5.31. The van der Waals surface area contributed by atoms with E-state index in [9.17, 15) is 4.79 Å². The quantitative estimate of drug-likeness (QED) is 0.382. The molecule has 1 amide bonds. The number of carbonyl (C=O) groups excluding carboxylic acids is 1.